The molecule has 1 saturated carbocycles. The number of urea groups is 1. The maximum absolute atomic E-state index is 12.2. The van der Waals surface area contributed by atoms with E-state index in [1.807, 2.05) is 41.5 Å². The van der Waals surface area contributed by atoms with Crippen LogP contribution in [0.1, 0.15) is 64.7 Å². The summed E-state index contributed by atoms with van der Waals surface area (Å²) in [5.74, 6) is -0.601. The van der Waals surface area contributed by atoms with Crippen molar-refractivity contribution < 1.29 is 14.7 Å². The van der Waals surface area contributed by atoms with Crippen LogP contribution in [0.5, 0.6) is 0 Å². The molecule has 164 valence electrons. The lowest BCUT2D eigenvalue weighted by Crippen LogP contribution is -2.45. The van der Waals surface area contributed by atoms with E-state index >= 15 is 0 Å². The zero-order valence-corrected chi connectivity index (χ0v) is 18.5. The summed E-state index contributed by atoms with van der Waals surface area (Å²) in [4.78, 5) is 24.3. The minimum absolute atomic E-state index is 0.0766. The van der Waals surface area contributed by atoms with Crippen molar-refractivity contribution >= 4 is 28.8 Å². The topological polar surface area (TPSA) is 134 Å². The van der Waals surface area contributed by atoms with Crippen LogP contribution in [0, 0.1) is 5.41 Å². The highest BCUT2D eigenvalue weighted by atomic mass is 16.3. The summed E-state index contributed by atoms with van der Waals surface area (Å²) in [5, 5.41) is 24.1. The van der Waals surface area contributed by atoms with Crippen LogP contribution in [-0.2, 0) is 0 Å². The number of hydrogen-bond donors (Lipinski definition) is 5. The van der Waals surface area contributed by atoms with Crippen molar-refractivity contribution in [3.8, 4) is 0 Å². The van der Waals surface area contributed by atoms with Crippen LogP contribution < -0.4 is 21.7 Å². The van der Waals surface area contributed by atoms with Gasteiger partial charge in [-0.3, -0.25) is 4.79 Å². The molecule has 3 amide bonds. The molecule has 0 saturated heterocycles. The summed E-state index contributed by atoms with van der Waals surface area (Å²) in [6.45, 7) is 11.5. The minimum Gasteiger partial charge on any atom is -0.390 e. The Morgan fingerprint density at radius 1 is 1.30 bits per heavy atom. The van der Waals surface area contributed by atoms with Crippen LogP contribution in [0.4, 0.5) is 16.2 Å². The van der Waals surface area contributed by atoms with Gasteiger partial charge in [-0.05, 0) is 46.6 Å². The minimum atomic E-state index is -0.833. The Morgan fingerprint density at radius 2 is 1.97 bits per heavy atom. The Labute approximate surface area is 176 Å². The molecule has 30 heavy (non-hydrogen) atoms. The third-order valence-electron chi connectivity index (χ3n) is 6.15. The molecule has 0 aliphatic heterocycles. The Kier molecular flexibility index (Phi) is 5.22. The second-order valence-corrected chi connectivity index (χ2v) is 9.92. The van der Waals surface area contributed by atoms with Crippen molar-refractivity contribution in [2.45, 2.75) is 71.6 Å². The van der Waals surface area contributed by atoms with Crippen molar-refractivity contribution in [2.75, 3.05) is 10.6 Å². The molecule has 1 aliphatic carbocycles. The number of carbonyl (C=O) groups excluding carboxylic acids is 2. The number of nitrogens with one attached hydrogen (secondary N) is 3. The number of nitrogens with two attached hydrogens (primary N) is 1. The SMILES string of the molecule is CC(C)(C)NC(=O)Nc1cc2c(N[C@@H]3CC[C@@](C)(O)C3(C)C)c(C(N)=O)cnn2c1. The highest BCUT2D eigenvalue weighted by molar-refractivity contribution is 6.02. The highest BCUT2D eigenvalue weighted by Crippen LogP contribution is 2.47. The van der Waals surface area contributed by atoms with Gasteiger partial charge in [-0.1, -0.05) is 13.8 Å². The van der Waals surface area contributed by atoms with E-state index in [0.29, 0.717) is 23.3 Å². The molecule has 2 aromatic rings. The number of fused-ring (bicyclic) bond motifs is 1. The maximum atomic E-state index is 12.2. The third kappa shape index (κ3) is 4.07. The van der Waals surface area contributed by atoms with E-state index in [9.17, 15) is 14.7 Å². The summed E-state index contributed by atoms with van der Waals surface area (Å²) in [7, 11) is 0. The summed E-state index contributed by atoms with van der Waals surface area (Å²) in [5.41, 5.74) is 5.90. The van der Waals surface area contributed by atoms with Crippen LogP contribution in [-0.4, -0.2) is 43.8 Å². The number of aliphatic hydroxyl groups is 1. The summed E-state index contributed by atoms with van der Waals surface area (Å²) < 4.78 is 1.58. The first kappa shape index (κ1) is 21.9. The number of hydrogen-bond acceptors (Lipinski definition) is 5. The van der Waals surface area contributed by atoms with Gasteiger partial charge in [-0.25, -0.2) is 9.31 Å². The van der Waals surface area contributed by atoms with Gasteiger partial charge < -0.3 is 26.8 Å². The van der Waals surface area contributed by atoms with Gasteiger partial charge in [0.15, 0.2) is 0 Å². The lowest BCUT2D eigenvalue weighted by molar-refractivity contribution is -0.0283. The van der Waals surface area contributed by atoms with E-state index in [4.69, 9.17) is 5.73 Å². The molecule has 1 aliphatic rings. The average molecular weight is 417 g/mol. The van der Waals surface area contributed by atoms with Gasteiger partial charge in [-0.2, -0.15) is 5.10 Å². The number of amides is 3. The number of anilines is 2. The van der Waals surface area contributed by atoms with Crippen molar-refractivity contribution in [2.24, 2.45) is 11.1 Å². The molecule has 0 aromatic carbocycles. The van der Waals surface area contributed by atoms with E-state index in [1.165, 1.54) is 6.20 Å². The molecule has 9 nitrogen and oxygen atoms in total. The molecule has 3 rings (SSSR count). The number of carbonyl (C=O) groups is 2. The fourth-order valence-electron chi connectivity index (χ4n) is 3.88. The van der Waals surface area contributed by atoms with Gasteiger partial charge in [0, 0.05) is 17.0 Å². The molecule has 0 spiro atoms. The zero-order valence-electron chi connectivity index (χ0n) is 18.5. The maximum Gasteiger partial charge on any atom is 0.319 e. The Balaban J connectivity index is 1.98. The Bertz CT molecular complexity index is 987. The number of primary amides is 1. The highest BCUT2D eigenvalue weighted by Gasteiger charge is 2.50. The quantitative estimate of drug-likeness (QED) is 0.522. The fourth-order valence-corrected chi connectivity index (χ4v) is 3.88. The van der Waals surface area contributed by atoms with Gasteiger partial charge >= 0.3 is 6.03 Å². The summed E-state index contributed by atoms with van der Waals surface area (Å²) in [6.07, 6.45) is 4.47. The van der Waals surface area contributed by atoms with Crippen LogP contribution in [0.15, 0.2) is 18.5 Å². The number of nitrogens with zero attached hydrogens (tertiary/aromatic N) is 2. The number of rotatable bonds is 4. The van der Waals surface area contributed by atoms with Crippen LogP contribution in [0.25, 0.3) is 5.52 Å². The molecule has 2 heterocycles. The second kappa shape index (κ2) is 7.16. The van der Waals surface area contributed by atoms with E-state index < -0.39 is 16.9 Å². The average Bonchev–Trinajstić information content (AvgIpc) is 3.06. The molecule has 0 unspecified atom stereocenters. The Morgan fingerprint density at radius 3 is 2.50 bits per heavy atom. The predicted octanol–water partition coefficient (Wildman–Crippen LogP) is 2.70. The zero-order chi connectivity index (χ0) is 22.5. The third-order valence-corrected chi connectivity index (χ3v) is 6.15. The van der Waals surface area contributed by atoms with Gasteiger partial charge in [0.1, 0.15) is 0 Å². The molecular weight excluding hydrogens is 384 g/mol. The largest absolute Gasteiger partial charge is 0.390 e. The van der Waals surface area contributed by atoms with Gasteiger partial charge in [0.05, 0.1) is 40.4 Å². The molecule has 2 aromatic heterocycles. The predicted molar refractivity (Wildman–Crippen MR) is 117 cm³/mol. The summed E-state index contributed by atoms with van der Waals surface area (Å²) in [6, 6.07) is 1.33. The second-order valence-electron chi connectivity index (χ2n) is 9.92. The Hall–Kier alpha value is -2.81. The normalized spacial score (nSPS) is 23.4. The van der Waals surface area contributed by atoms with E-state index in [-0.39, 0.29) is 23.2 Å². The van der Waals surface area contributed by atoms with Gasteiger partial charge in [0.25, 0.3) is 5.91 Å². The molecule has 9 heteroatoms. The monoisotopic (exact) mass is 416 g/mol. The molecular formula is C21H32N6O3. The molecule has 1 fully saturated rings. The van der Waals surface area contributed by atoms with Crippen molar-refractivity contribution in [1.82, 2.24) is 14.9 Å². The van der Waals surface area contributed by atoms with E-state index in [2.05, 4.69) is 21.0 Å². The molecule has 2 atom stereocenters. The smallest absolute Gasteiger partial charge is 0.319 e. The van der Waals surface area contributed by atoms with Crippen LogP contribution in [0.2, 0.25) is 0 Å². The number of aromatic nitrogens is 2. The molecule has 6 N–H and O–H groups in total. The molecule has 0 bridgehead atoms. The van der Waals surface area contributed by atoms with Crippen molar-refractivity contribution in [3.05, 3.63) is 24.0 Å². The van der Waals surface area contributed by atoms with Crippen molar-refractivity contribution in [3.63, 3.8) is 0 Å². The van der Waals surface area contributed by atoms with E-state index in [1.54, 1.807) is 16.8 Å². The first-order chi connectivity index (χ1) is 13.7. The van der Waals surface area contributed by atoms with Crippen molar-refractivity contribution in [1.29, 1.82) is 0 Å². The lowest BCUT2D eigenvalue weighted by Gasteiger charge is -2.38. The van der Waals surface area contributed by atoms with Crippen LogP contribution in [0.3, 0.4) is 0 Å². The first-order valence-corrected chi connectivity index (χ1v) is 10.1. The van der Waals surface area contributed by atoms with Gasteiger partial charge in [-0.15, -0.1) is 0 Å². The first-order valence-electron chi connectivity index (χ1n) is 10.1. The van der Waals surface area contributed by atoms with Gasteiger partial charge in [0.2, 0.25) is 0 Å². The molecule has 0 radical (unpaired) electrons. The summed E-state index contributed by atoms with van der Waals surface area (Å²) >= 11 is 0. The van der Waals surface area contributed by atoms with Crippen LogP contribution >= 0.6 is 0 Å². The fraction of sp³-hybridized carbons (Fsp3) is 0.571. The lowest BCUT2D eigenvalue weighted by atomic mass is 9.76. The standard InChI is InChI=1S/C21H32N6O3/c1-19(2,3)26-18(29)24-12-9-14-16(13(17(22)28)10-23-27(14)11-12)25-15-7-8-21(6,30)20(15,4)5/h9-11,15,25,30H,7-8H2,1-6H3,(H2,22,28)(H2,24,26,29)/t15-,21-/m1/s1. The van der Waals surface area contributed by atoms with E-state index in [0.717, 1.165) is 6.42 Å².